The Morgan fingerprint density at radius 3 is 2.35 bits per heavy atom. The topological polar surface area (TPSA) is 12.0 Å². The lowest BCUT2D eigenvalue weighted by Gasteiger charge is -2.21. The van der Waals surface area contributed by atoms with Gasteiger partial charge >= 0.3 is 0 Å². The minimum absolute atomic E-state index is 0.759. The van der Waals surface area contributed by atoms with Gasteiger partial charge in [0.2, 0.25) is 0 Å². The van der Waals surface area contributed by atoms with Gasteiger partial charge < -0.3 is 5.32 Å². The quantitative estimate of drug-likeness (QED) is 0.804. The lowest BCUT2D eigenvalue weighted by molar-refractivity contribution is 0.357. The van der Waals surface area contributed by atoms with Gasteiger partial charge in [-0.3, -0.25) is 0 Å². The molecule has 0 aromatic heterocycles. The fourth-order valence-corrected chi connectivity index (χ4v) is 3.70. The van der Waals surface area contributed by atoms with Crippen molar-refractivity contribution in [3.8, 4) is 0 Å². The maximum Gasteiger partial charge on any atom is -0.00176 e. The third-order valence-electron chi connectivity index (χ3n) is 4.55. The molecule has 0 spiro atoms. The SMILES string of the molecule is Cc1cc(C)cc(CC2CCCC2CNCC(C)C)c1. The monoisotopic (exact) mass is 273 g/mol. The highest BCUT2D eigenvalue weighted by Crippen LogP contribution is 2.34. The van der Waals surface area contributed by atoms with Gasteiger partial charge in [0, 0.05) is 0 Å². The summed E-state index contributed by atoms with van der Waals surface area (Å²) in [5, 5.41) is 3.67. The highest BCUT2D eigenvalue weighted by atomic mass is 14.9. The van der Waals surface area contributed by atoms with Crippen molar-refractivity contribution in [2.75, 3.05) is 13.1 Å². The van der Waals surface area contributed by atoms with E-state index in [-0.39, 0.29) is 0 Å². The van der Waals surface area contributed by atoms with Crippen LogP contribution in [-0.2, 0) is 6.42 Å². The molecule has 20 heavy (non-hydrogen) atoms. The molecule has 1 aliphatic carbocycles. The van der Waals surface area contributed by atoms with Gasteiger partial charge in [-0.25, -0.2) is 0 Å². The van der Waals surface area contributed by atoms with E-state index >= 15 is 0 Å². The number of hydrogen-bond donors (Lipinski definition) is 1. The zero-order valence-electron chi connectivity index (χ0n) is 13.7. The van der Waals surface area contributed by atoms with Crippen LogP contribution < -0.4 is 5.32 Å². The molecule has 112 valence electrons. The second kappa shape index (κ2) is 7.26. The maximum atomic E-state index is 3.67. The molecule has 0 aliphatic heterocycles. The number of hydrogen-bond acceptors (Lipinski definition) is 1. The second-order valence-corrected chi connectivity index (χ2v) is 7.20. The van der Waals surface area contributed by atoms with Crippen molar-refractivity contribution < 1.29 is 0 Å². The normalized spacial score (nSPS) is 22.6. The fraction of sp³-hybridized carbons (Fsp3) is 0.684. The van der Waals surface area contributed by atoms with E-state index in [1.54, 1.807) is 5.56 Å². The zero-order valence-corrected chi connectivity index (χ0v) is 13.7. The van der Waals surface area contributed by atoms with E-state index in [1.165, 1.54) is 43.4 Å². The molecule has 1 aromatic rings. The molecule has 0 radical (unpaired) electrons. The summed E-state index contributed by atoms with van der Waals surface area (Å²) in [6.07, 6.45) is 5.53. The first-order valence-electron chi connectivity index (χ1n) is 8.32. The van der Waals surface area contributed by atoms with Gasteiger partial charge in [-0.05, 0) is 69.5 Å². The van der Waals surface area contributed by atoms with Gasteiger partial charge in [0.05, 0.1) is 0 Å². The van der Waals surface area contributed by atoms with Crippen LogP contribution in [0.5, 0.6) is 0 Å². The predicted octanol–water partition coefficient (Wildman–Crippen LogP) is 4.51. The minimum Gasteiger partial charge on any atom is -0.316 e. The largest absolute Gasteiger partial charge is 0.316 e. The Morgan fingerprint density at radius 2 is 1.70 bits per heavy atom. The Kier molecular flexibility index (Phi) is 5.65. The van der Waals surface area contributed by atoms with E-state index in [1.807, 2.05) is 0 Å². The summed E-state index contributed by atoms with van der Waals surface area (Å²) in [6.45, 7) is 11.4. The first-order valence-corrected chi connectivity index (χ1v) is 8.32. The highest BCUT2D eigenvalue weighted by molar-refractivity contribution is 5.29. The van der Waals surface area contributed by atoms with Crippen molar-refractivity contribution >= 4 is 0 Å². The molecule has 0 heterocycles. The molecule has 2 unspecified atom stereocenters. The van der Waals surface area contributed by atoms with Crippen LogP contribution in [-0.4, -0.2) is 13.1 Å². The van der Waals surface area contributed by atoms with Gasteiger partial charge in [0.1, 0.15) is 0 Å². The van der Waals surface area contributed by atoms with E-state index in [2.05, 4.69) is 51.2 Å². The molecule has 1 saturated carbocycles. The Morgan fingerprint density at radius 1 is 1.05 bits per heavy atom. The molecule has 1 fully saturated rings. The van der Waals surface area contributed by atoms with Crippen LogP contribution in [0.1, 0.15) is 49.8 Å². The van der Waals surface area contributed by atoms with Gasteiger partial charge in [-0.1, -0.05) is 49.6 Å². The fourth-order valence-electron chi connectivity index (χ4n) is 3.70. The third kappa shape index (κ3) is 4.63. The average molecular weight is 273 g/mol. The maximum absolute atomic E-state index is 3.67. The number of benzene rings is 1. The Labute approximate surface area is 125 Å². The minimum atomic E-state index is 0.759. The van der Waals surface area contributed by atoms with Crippen molar-refractivity contribution in [3.05, 3.63) is 34.9 Å². The van der Waals surface area contributed by atoms with Crippen LogP contribution in [0, 0.1) is 31.6 Å². The smallest absolute Gasteiger partial charge is 0.00176 e. The molecule has 1 aliphatic rings. The molecule has 2 rings (SSSR count). The number of rotatable bonds is 6. The van der Waals surface area contributed by atoms with Gasteiger partial charge in [0.15, 0.2) is 0 Å². The van der Waals surface area contributed by atoms with Crippen LogP contribution in [0.15, 0.2) is 18.2 Å². The van der Waals surface area contributed by atoms with Crippen LogP contribution >= 0.6 is 0 Å². The summed E-state index contributed by atoms with van der Waals surface area (Å²) in [4.78, 5) is 0. The highest BCUT2D eigenvalue weighted by Gasteiger charge is 2.26. The summed E-state index contributed by atoms with van der Waals surface area (Å²) in [7, 11) is 0. The summed E-state index contributed by atoms with van der Waals surface area (Å²) in [5.74, 6) is 2.53. The number of nitrogens with one attached hydrogen (secondary N) is 1. The standard InChI is InChI=1S/C19H31N/c1-14(2)12-20-13-19-7-5-6-18(19)11-17-9-15(3)8-16(4)10-17/h8-10,14,18-20H,5-7,11-13H2,1-4H3. The second-order valence-electron chi connectivity index (χ2n) is 7.20. The summed E-state index contributed by atoms with van der Waals surface area (Å²) in [6, 6.07) is 7.04. The van der Waals surface area contributed by atoms with Crippen LogP contribution in [0.25, 0.3) is 0 Å². The lowest BCUT2D eigenvalue weighted by atomic mass is 9.88. The van der Waals surface area contributed by atoms with E-state index in [9.17, 15) is 0 Å². The molecular weight excluding hydrogens is 242 g/mol. The third-order valence-corrected chi connectivity index (χ3v) is 4.55. The van der Waals surface area contributed by atoms with E-state index < -0.39 is 0 Å². The van der Waals surface area contributed by atoms with Gasteiger partial charge in [0.25, 0.3) is 0 Å². The average Bonchev–Trinajstić information content (AvgIpc) is 2.75. The van der Waals surface area contributed by atoms with Crippen molar-refractivity contribution in [2.24, 2.45) is 17.8 Å². The Balaban J connectivity index is 1.90. The summed E-state index contributed by atoms with van der Waals surface area (Å²) < 4.78 is 0. The molecule has 1 aromatic carbocycles. The lowest BCUT2D eigenvalue weighted by Crippen LogP contribution is -2.29. The Hall–Kier alpha value is -0.820. The molecule has 0 amide bonds. The van der Waals surface area contributed by atoms with Crippen molar-refractivity contribution in [1.82, 2.24) is 5.32 Å². The molecule has 0 saturated heterocycles. The first-order chi connectivity index (χ1) is 9.54. The number of aryl methyl sites for hydroxylation is 2. The van der Waals surface area contributed by atoms with Crippen LogP contribution in [0.3, 0.4) is 0 Å². The van der Waals surface area contributed by atoms with E-state index in [0.29, 0.717) is 0 Å². The van der Waals surface area contributed by atoms with Crippen LogP contribution in [0.2, 0.25) is 0 Å². The van der Waals surface area contributed by atoms with Crippen molar-refractivity contribution in [3.63, 3.8) is 0 Å². The molecule has 0 bridgehead atoms. The molecule has 1 N–H and O–H groups in total. The molecule has 1 nitrogen and oxygen atoms in total. The summed E-state index contributed by atoms with van der Waals surface area (Å²) in [5.41, 5.74) is 4.36. The molecule has 2 atom stereocenters. The Bertz CT molecular complexity index is 402. The predicted molar refractivity (Wildman–Crippen MR) is 88.2 cm³/mol. The van der Waals surface area contributed by atoms with Crippen molar-refractivity contribution in [2.45, 2.75) is 53.4 Å². The van der Waals surface area contributed by atoms with Crippen molar-refractivity contribution in [1.29, 1.82) is 0 Å². The van der Waals surface area contributed by atoms with E-state index in [0.717, 1.165) is 24.3 Å². The first kappa shape index (κ1) is 15.6. The van der Waals surface area contributed by atoms with Gasteiger partial charge in [-0.2, -0.15) is 0 Å². The van der Waals surface area contributed by atoms with E-state index in [4.69, 9.17) is 0 Å². The molecule has 1 heteroatoms. The zero-order chi connectivity index (χ0) is 14.5. The van der Waals surface area contributed by atoms with Gasteiger partial charge in [-0.15, -0.1) is 0 Å². The van der Waals surface area contributed by atoms with Crippen LogP contribution in [0.4, 0.5) is 0 Å². The summed E-state index contributed by atoms with van der Waals surface area (Å²) >= 11 is 0. The molecular formula is C19H31N.